The Hall–Kier alpha value is -2.16. The second kappa shape index (κ2) is 8.41. The van der Waals surface area contributed by atoms with Crippen molar-refractivity contribution in [3.63, 3.8) is 0 Å². The Balaban J connectivity index is 1.93. The maximum Gasteiger partial charge on any atom is 0.290 e. The van der Waals surface area contributed by atoms with E-state index >= 15 is 0 Å². The highest BCUT2D eigenvalue weighted by atomic mass is 32.2. The standard InChI is InChI=1S/C22H27F3N2O3S/c1-13(2)17-8-15(23)9-18(14(3)4)19(17)10-16(28)12-31(29,30)20-11-26-27-7-5-6-22(24,25)21(20)27/h8-9,11,13-14H,5-7,10,12H2,1-4H3. The molecule has 0 spiro atoms. The molecule has 0 unspecified atom stereocenters. The Morgan fingerprint density at radius 2 is 1.74 bits per heavy atom. The lowest BCUT2D eigenvalue weighted by atomic mass is 9.86. The number of Topliss-reactive ketones (excluding diaryl/α,β-unsaturated/α-hetero) is 1. The first kappa shape index (κ1) is 23.5. The summed E-state index contributed by atoms with van der Waals surface area (Å²) in [5, 5.41) is 3.80. The van der Waals surface area contributed by atoms with Crippen molar-refractivity contribution in [1.82, 2.24) is 9.78 Å². The minimum atomic E-state index is -4.31. The van der Waals surface area contributed by atoms with E-state index in [0.717, 1.165) is 10.9 Å². The number of ketones is 1. The van der Waals surface area contributed by atoms with Crippen molar-refractivity contribution in [3.8, 4) is 0 Å². The van der Waals surface area contributed by atoms with Crippen LogP contribution in [0.25, 0.3) is 0 Å². The van der Waals surface area contributed by atoms with Crippen LogP contribution in [0, 0.1) is 5.82 Å². The number of sulfone groups is 1. The van der Waals surface area contributed by atoms with Gasteiger partial charge < -0.3 is 0 Å². The number of carbonyl (C=O) groups is 1. The summed E-state index contributed by atoms with van der Waals surface area (Å²) in [4.78, 5) is 12.2. The minimum absolute atomic E-state index is 0.0750. The van der Waals surface area contributed by atoms with Gasteiger partial charge in [0.25, 0.3) is 5.92 Å². The maximum atomic E-state index is 14.4. The zero-order chi connectivity index (χ0) is 23.1. The van der Waals surface area contributed by atoms with Gasteiger partial charge >= 0.3 is 0 Å². The zero-order valence-corrected chi connectivity index (χ0v) is 18.9. The van der Waals surface area contributed by atoms with Gasteiger partial charge in [0.05, 0.1) is 6.20 Å². The van der Waals surface area contributed by atoms with Crippen molar-refractivity contribution in [2.45, 2.75) is 76.2 Å². The van der Waals surface area contributed by atoms with E-state index in [-0.39, 0.29) is 31.2 Å². The molecule has 0 radical (unpaired) electrons. The number of hydrogen-bond acceptors (Lipinski definition) is 4. The van der Waals surface area contributed by atoms with E-state index in [1.807, 2.05) is 27.7 Å². The summed E-state index contributed by atoms with van der Waals surface area (Å²) in [6.07, 6.45) is 0.440. The van der Waals surface area contributed by atoms with Gasteiger partial charge in [-0.25, -0.2) is 12.8 Å². The normalized spacial score (nSPS) is 16.0. The maximum absolute atomic E-state index is 14.4. The molecule has 5 nitrogen and oxygen atoms in total. The fraction of sp³-hybridized carbons (Fsp3) is 0.545. The highest BCUT2D eigenvalue weighted by Crippen LogP contribution is 2.40. The predicted molar refractivity (Wildman–Crippen MR) is 111 cm³/mol. The van der Waals surface area contributed by atoms with E-state index < -0.39 is 50.1 Å². The molecule has 0 amide bonds. The van der Waals surface area contributed by atoms with E-state index in [2.05, 4.69) is 5.10 Å². The van der Waals surface area contributed by atoms with Crippen LogP contribution in [0.2, 0.25) is 0 Å². The molecule has 170 valence electrons. The average Bonchev–Trinajstić information content (AvgIpc) is 3.08. The first-order chi connectivity index (χ1) is 14.3. The molecule has 9 heteroatoms. The largest absolute Gasteiger partial charge is 0.298 e. The van der Waals surface area contributed by atoms with Crippen LogP contribution in [0.1, 0.15) is 74.8 Å². The van der Waals surface area contributed by atoms with E-state index in [9.17, 15) is 26.4 Å². The fourth-order valence-electron chi connectivity index (χ4n) is 4.16. The molecule has 0 aliphatic carbocycles. The van der Waals surface area contributed by atoms with Crippen LogP contribution in [0.3, 0.4) is 0 Å². The summed E-state index contributed by atoms with van der Waals surface area (Å²) in [7, 11) is -4.31. The van der Waals surface area contributed by atoms with E-state index in [0.29, 0.717) is 16.7 Å². The smallest absolute Gasteiger partial charge is 0.290 e. The molecule has 0 bridgehead atoms. The average molecular weight is 457 g/mol. The van der Waals surface area contributed by atoms with Gasteiger partial charge in [-0.05, 0) is 47.1 Å². The number of hydrogen-bond donors (Lipinski definition) is 0. The van der Waals surface area contributed by atoms with Gasteiger partial charge in [-0.1, -0.05) is 27.7 Å². The first-order valence-corrected chi connectivity index (χ1v) is 12.0. The molecule has 0 saturated carbocycles. The predicted octanol–water partition coefficient (Wildman–Crippen LogP) is 4.74. The summed E-state index contributed by atoms with van der Waals surface area (Å²) in [6, 6.07) is 2.73. The van der Waals surface area contributed by atoms with Gasteiger partial charge in [0, 0.05) is 19.4 Å². The first-order valence-electron chi connectivity index (χ1n) is 10.3. The van der Waals surface area contributed by atoms with Crippen LogP contribution >= 0.6 is 0 Å². The van der Waals surface area contributed by atoms with Crippen LogP contribution in [0.15, 0.2) is 23.2 Å². The number of rotatable bonds is 7. The van der Waals surface area contributed by atoms with Gasteiger partial charge in [0.2, 0.25) is 0 Å². The van der Waals surface area contributed by atoms with Crippen LogP contribution in [-0.4, -0.2) is 29.7 Å². The summed E-state index contributed by atoms with van der Waals surface area (Å²) >= 11 is 0. The lowest BCUT2D eigenvalue weighted by Gasteiger charge is -2.24. The number of nitrogens with zero attached hydrogens (tertiary/aromatic N) is 2. The summed E-state index contributed by atoms with van der Waals surface area (Å²) in [5.41, 5.74) is 1.25. The Labute approximate surface area is 180 Å². The van der Waals surface area contributed by atoms with E-state index in [1.54, 1.807) is 0 Å². The minimum Gasteiger partial charge on any atom is -0.298 e. The van der Waals surface area contributed by atoms with E-state index in [4.69, 9.17) is 0 Å². The van der Waals surface area contributed by atoms with Gasteiger partial charge in [-0.15, -0.1) is 0 Å². The van der Waals surface area contributed by atoms with Gasteiger partial charge in [0.15, 0.2) is 15.6 Å². The number of carbonyl (C=O) groups excluding carboxylic acids is 1. The summed E-state index contributed by atoms with van der Waals surface area (Å²) in [6.45, 7) is 7.67. The Bertz CT molecular complexity index is 1080. The van der Waals surface area contributed by atoms with Crippen molar-refractivity contribution < 1.29 is 26.4 Å². The molecule has 1 aromatic heterocycles. The highest BCUT2D eigenvalue weighted by Gasteiger charge is 2.43. The van der Waals surface area contributed by atoms with Gasteiger partial charge in [0.1, 0.15) is 22.2 Å². The topological polar surface area (TPSA) is 69.0 Å². The van der Waals surface area contributed by atoms with Crippen molar-refractivity contribution in [1.29, 1.82) is 0 Å². The Morgan fingerprint density at radius 1 is 1.16 bits per heavy atom. The molecule has 1 aliphatic rings. The quantitative estimate of drug-likeness (QED) is 0.604. The molecule has 31 heavy (non-hydrogen) atoms. The van der Waals surface area contributed by atoms with Crippen LogP contribution < -0.4 is 0 Å². The lowest BCUT2D eigenvalue weighted by Crippen LogP contribution is -2.29. The lowest BCUT2D eigenvalue weighted by molar-refractivity contribution is -0.116. The van der Waals surface area contributed by atoms with Crippen LogP contribution in [0.4, 0.5) is 13.2 Å². The number of fused-ring (bicyclic) bond motifs is 1. The second-order valence-electron chi connectivity index (χ2n) is 8.74. The molecule has 0 fully saturated rings. The molecule has 0 saturated heterocycles. The number of halogens is 3. The molecule has 1 aromatic carbocycles. The van der Waals surface area contributed by atoms with Gasteiger partial charge in [-0.3, -0.25) is 9.48 Å². The molecule has 2 aromatic rings. The van der Waals surface area contributed by atoms with Crippen molar-refractivity contribution in [2.24, 2.45) is 0 Å². The zero-order valence-electron chi connectivity index (χ0n) is 18.1. The second-order valence-corrected chi connectivity index (χ2v) is 10.7. The third-order valence-corrected chi connectivity index (χ3v) is 7.27. The fourth-order valence-corrected chi connectivity index (χ4v) is 5.59. The van der Waals surface area contributed by atoms with Crippen molar-refractivity contribution in [3.05, 3.63) is 46.5 Å². The molecular weight excluding hydrogens is 429 g/mol. The van der Waals surface area contributed by atoms with Crippen molar-refractivity contribution in [2.75, 3.05) is 5.75 Å². The molecule has 0 N–H and O–H groups in total. The summed E-state index contributed by atoms with van der Waals surface area (Å²) < 4.78 is 69.6. The number of aromatic nitrogens is 2. The van der Waals surface area contributed by atoms with Crippen LogP contribution in [-0.2, 0) is 33.5 Å². The number of aryl methyl sites for hydroxylation is 1. The molecule has 0 atom stereocenters. The molecule has 2 heterocycles. The number of alkyl halides is 2. The monoisotopic (exact) mass is 456 g/mol. The third kappa shape index (κ3) is 4.71. The molecular formula is C22H27F3N2O3S. The molecule has 3 rings (SSSR count). The van der Waals surface area contributed by atoms with Crippen LogP contribution in [0.5, 0.6) is 0 Å². The number of benzene rings is 1. The SMILES string of the molecule is CC(C)c1cc(F)cc(C(C)C)c1CC(=O)CS(=O)(=O)c1cnn2c1C(F)(F)CCC2. The van der Waals surface area contributed by atoms with Gasteiger partial charge in [-0.2, -0.15) is 13.9 Å². The Kier molecular flexibility index (Phi) is 6.37. The third-order valence-electron chi connectivity index (χ3n) is 5.60. The van der Waals surface area contributed by atoms with E-state index in [1.165, 1.54) is 12.1 Å². The highest BCUT2D eigenvalue weighted by molar-refractivity contribution is 7.92. The summed E-state index contributed by atoms with van der Waals surface area (Å²) in [5.74, 6) is -5.41. The van der Waals surface area contributed by atoms with Crippen molar-refractivity contribution >= 4 is 15.6 Å². The molecule has 1 aliphatic heterocycles. The Morgan fingerprint density at radius 3 is 2.29 bits per heavy atom.